The van der Waals surface area contributed by atoms with Crippen LogP contribution in [0.1, 0.15) is 17.7 Å². The van der Waals surface area contributed by atoms with E-state index in [0.29, 0.717) is 19.4 Å². The van der Waals surface area contributed by atoms with Gasteiger partial charge in [0.1, 0.15) is 10.8 Å². The van der Waals surface area contributed by atoms with Crippen LogP contribution in [0.3, 0.4) is 0 Å². The van der Waals surface area contributed by atoms with Crippen LogP contribution in [0, 0.1) is 0 Å². The highest BCUT2D eigenvalue weighted by atomic mass is 32.1. The number of rotatable bonds is 7. The summed E-state index contributed by atoms with van der Waals surface area (Å²) in [6.07, 6.45) is 1.11. The van der Waals surface area contributed by atoms with Crippen LogP contribution in [0.5, 0.6) is 5.75 Å². The van der Waals surface area contributed by atoms with Gasteiger partial charge in [0.15, 0.2) is 0 Å². The Balaban J connectivity index is 1.56. The summed E-state index contributed by atoms with van der Waals surface area (Å²) in [7, 11) is 3.50. The molecule has 0 aliphatic heterocycles. The average Bonchev–Trinajstić information content (AvgIpc) is 3.16. The van der Waals surface area contributed by atoms with E-state index in [1.54, 1.807) is 23.3 Å². The first-order chi connectivity index (χ1) is 12.7. The van der Waals surface area contributed by atoms with Crippen LogP contribution in [0.25, 0.3) is 10.6 Å². The minimum absolute atomic E-state index is 0.129. The fourth-order valence-electron chi connectivity index (χ4n) is 2.68. The zero-order valence-electron chi connectivity index (χ0n) is 15.0. The molecule has 3 rings (SSSR count). The monoisotopic (exact) mass is 366 g/mol. The molecule has 0 saturated carbocycles. The van der Waals surface area contributed by atoms with Gasteiger partial charge in [-0.05, 0) is 24.1 Å². The standard InChI is InChI=1S/C21H22N2O2S/c1-23(14-16-7-4-3-5-8-16)20(24)12-11-18-15-26-21(22-18)17-9-6-10-19(13-17)25-2/h3-10,13,15H,11-12,14H2,1-2H3. The number of methoxy groups -OCH3 is 1. The fourth-order valence-corrected chi connectivity index (χ4v) is 3.53. The Morgan fingerprint density at radius 3 is 2.73 bits per heavy atom. The number of aryl methyl sites for hydroxylation is 1. The molecule has 0 spiro atoms. The molecule has 0 unspecified atom stereocenters. The van der Waals surface area contributed by atoms with Crippen molar-refractivity contribution in [2.45, 2.75) is 19.4 Å². The molecule has 0 saturated heterocycles. The van der Waals surface area contributed by atoms with Crippen LogP contribution >= 0.6 is 11.3 Å². The van der Waals surface area contributed by atoms with E-state index in [4.69, 9.17) is 4.74 Å². The second kappa shape index (κ2) is 8.63. The maximum atomic E-state index is 12.4. The van der Waals surface area contributed by atoms with E-state index in [0.717, 1.165) is 27.6 Å². The molecule has 0 aliphatic carbocycles. The molecule has 134 valence electrons. The number of carbonyl (C=O) groups excluding carboxylic acids is 1. The van der Waals surface area contributed by atoms with Crippen LogP contribution in [0.2, 0.25) is 0 Å². The summed E-state index contributed by atoms with van der Waals surface area (Å²) in [6, 6.07) is 17.9. The number of ether oxygens (including phenoxy) is 1. The topological polar surface area (TPSA) is 42.4 Å². The fraction of sp³-hybridized carbons (Fsp3) is 0.238. The number of hydrogen-bond acceptors (Lipinski definition) is 4. The number of benzene rings is 2. The third-order valence-corrected chi connectivity index (χ3v) is 5.09. The summed E-state index contributed by atoms with van der Waals surface area (Å²) in [5.74, 6) is 0.946. The van der Waals surface area contributed by atoms with Crippen LogP contribution in [-0.4, -0.2) is 29.9 Å². The van der Waals surface area contributed by atoms with Gasteiger partial charge in [-0.25, -0.2) is 4.98 Å². The van der Waals surface area contributed by atoms with Gasteiger partial charge in [-0.15, -0.1) is 11.3 Å². The lowest BCUT2D eigenvalue weighted by molar-refractivity contribution is -0.130. The van der Waals surface area contributed by atoms with Gasteiger partial charge in [-0.2, -0.15) is 0 Å². The van der Waals surface area contributed by atoms with Gasteiger partial charge in [0.05, 0.1) is 12.8 Å². The van der Waals surface area contributed by atoms with Crippen molar-refractivity contribution in [3.8, 4) is 16.3 Å². The zero-order chi connectivity index (χ0) is 18.4. The van der Waals surface area contributed by atoms with E-state index in [1.807, 2.05) is 67.0 Å². The summed E-state index contributed by atoms with van der Waals surface area (Å²) in [5, 5.41) is 2.98. The average molecular weight is 366 g/mol. The number of thiazole rings is 1. The zero-order valence-corrected chi connectivity index (χ0v) is 15.8. The molecule has 26 heavy (non-hydrogen) atoms. The lowest BCUT2D eigenvalue weighted by Gasteiger charge is -2.17. The second-order valence-corrected chi connectivity index (χ2v) is 6.97. The number of nitrogens with zero attached hydrogens (tertiary/aromatic N) is 2. The van der Waals surface area contributed by atoms with Gasteiger partial charge in [-0.1, -0.05) is 42.5 Å². The molecule has 1 amide bonds. The molecular formula is C21H22N2O2S. The maximum absolute atomic E-state index is 12.4. The maximum Gasteiger partial charge on any atom is 0.223 e. The van der Waals surface area contributed by atoms with Crippen molar-refractivity contribution in [2.24, 2.45) is 0 Å². The Labute approximate surface area is 158 Å². The van der Waals surface area contributed by atoms with E-state index in [2.05, 4.69) is 4.98 Å². The second-order valence-electron chi connectivity index (χ2n) is 6.11. The molecule has 4 nitrogen and oxygen atoms in total. The molecule has 0 aliphatic rings. The third-order valence-electron chi connectivity index (χ3n) is 4.15. The van der Waals surface area contributed by atoms with E-state index < -0.39 is 0 Å². The van der Waals surface area contributed by atoms with Gasteiger partial charge >= 0.3 is 0 Å². The molecule has 1 aromatic heterocycles. The van der Waals surface area contributed by atoms with Gasteiger partial charge in [0.2, 0.25) is 5.91 Å². The summed E-state index contributed by atoms with van der Waals surface area (Å²) in [6.45, 7) is 0.631. The molecule has 0 atom stereocenters. The summed E-state index contributed by atoms with van der Waals surface area (Å²) < 4.78 is 5.26. The smallest absolute Gasteiger partial charge is 0.223 e. The van der Waals surface area contributed by atoms with Crippen LogP contribution < -0.4 is 4.74 Å². The van der Waals surface area contributed by atoms with Crippen molar-refractivity contribution in [3.05, 3.63) is 71.2 Å². The first kappa shape index (κ1) is 18.1. The number of amides is 1. The lowest BCUT2D eigenvalue weighted by Crippen LogP contribution is -2.26. The summed E-state index contributed by atoms with van der Waals surface area (Å²) >= 11 is 1.59. The van der Waals surface area contributed by atoms with E-state index in [-0.39, 0.29) is 5.91 Å². The SMILES string of the molecule is COc1cccc(-c2nc(CCC(=O)N(C)Cc3ccccc3)cs2)c1. The molecule has 3 aromatic rings. The van der Waals surface area contributed by atoms with Gasteiger partial charge in [0.25, 0.3) is 0 Å². The molecule has 0 bridgehead atoms. The molecular weight excluding hydrogens is 344 g/mol. The van der Waals surface area contributed by atoms with Crippen LogP contribution in [0.15, 0.2) is 60.0 Å². The Kier molecular flexibility index (Phi) is 6.02. The summed E-state index contributed by atoms with van der Waals surface area (Å²) in [4.78, 5) is 18.8. The molecule has 0 fully saturated rings. The van der Waals surface area contributed by atoms with Crippen molar-refractivity contribution in [3.63, 3.8) is 0 Å². The van der Waals surface area contributed by atoms with Crippen molar-refractivity contribution < 1.29 is 9.53 Å². The Morgan fingerprint density at radius 2 is 1.96 bits per heavy atom. The largest absolute Gasteiger partial charge is 0.497 e. The van der Waals surface area contributed by atoms with Crippen molar-refractivity contribution in [1.29, 1.82) is 0 Å². The number of aromatic nitrogens is 1. The molecule has 0 N–H and O–H groups in total. The highest BCUT2D eigenvalue weighted by molar-refractivity contribution is 7.13. The molecule has 0 radical (unpaired) electrons. The first-order valence-corrected chi connectivity index (χ1v) is 9.40. The third kappa shape index (κ3) is 4.70. The minimum Gasteiger partial charge on any atom is -0.497 e. The van der Waals surface area contributed by atoms with Gasteiger partial charge in [-0.3, -0.25) is 4.79 Å². The van der Waals surface area contributed by atoms with Crippen molar-refractivity contribution in [2.75, 3.05) is 14.2 Å². The number of carbonyl (C=O) groups is 1. The predicted octanol–water partition coefficient (Wildman–Crippen LogP) is 4.41. The van der Waals surface area contributed by atoms with E-state index in [1.165, 1.54) is 0 Å². The predicted molar refractivity (Wildman–Crippen MR) is 105 cm³/mol. The number of hydrogen-bond donors (Lipinski definition) is 0. The summed E-state index contributed by atoms with van der Waals surface area (Å²) in [5.41, 5.74) is 3.12. The van der Waals surface area contributed by atoms with Crippen LogP contribution in [0.4, 0.5) is 0 Å². The quantitative estimate of drug-likeness (QED) is 0.622. The van der Waals surface area contributed by atoms with E-state index >= 15 is 0 Å². The normalized spacial score (nSPS) is 10.5. The molecule has 2 aromatic carbocycles. The van der Waals surface area contributed by atoms with Gasteiger partial charge < -0.3 is 9.64 Å². The Bertz CT molecular complexity index is 861. The van der Waals surface area contributed by atoms with Crippen molar-refractivity contribution in [1.82, 2.24) is 9.88 Å². The Hall–Kier alpha value is -2.66. The highest BCUT2D eigenvalue weighted by Gasteiger charge is 2.11. The Morgan fingerprint density at radius 1 is 1.15 bits per heavy atom. The minimum atomic E-state index is 0.129. The van der Waals surface area contributed by atoms with Gasteiger partial charge in [0, 0.05) is 31.0 Å². The molecule has 1 heterocycles. The van der Waals surface area contributed by atoms with Crippen LogP contribution in [-0.2, 0) is 17.8 Å². The highest BCUT2D eigenvalue weighted by Crippen LogP contribution is 2.27. The van der Waals surface area contributed by atoms with Crippen molar-refractivity contribution >= 4 is 17.2 Å². The molecule has 5 heteroatoms. The first-order valence-electron chi connectivity index (χ1n) is 8.52. The lowest BCUT2D eigenvalue weighted by atomic mass is 10.2. The van der Waals surface area contributed by atoms with E-state index in [9.17, 15) is 4.79 Å².